The summed E-state index contributed by atoms with van der Waals surface area (Å²) in [4.78, 5) is 30.1. The number of urea groups is 1. The van der Waals surface area contributed by atoms with Crippen LogP contribution < -0.4 is 25.0 Å². The summed E-state index contributed by atoms with van der Waals surface area (Å²) in [6, 6.07) is 12.6. The van der Waals surface area contributed by atoms with E-state index in [2.05, 4.69) is 45.6 Å². The van der Waals surface area contributed by atoms with Gasteiger partial charge in [-0.1, -0.05) is 24.3 Å². The van der Waals surface area contributed by atoms with Crippen molar-refractivity contribution in [1.82, 2.24) is 15.5 Å². The number of rotatable bonds is 7. The molecule has 2 N–H and O–H groups in total. The number of esters is 1. The Morgan fingerprint density at radius 2 is 1.71 bits per heavy atom. The van der Waals surface area contributed by atoms with Crippen molar-refractivity contribution < 1.29 is 23.8 Å². The average molecular weight is 481 g/mol. The smallest absolute Gasteiger partial charge is 0.338 e. The van der Waals surface area contributed by atoms with E-state index in [9.17, 15) is 9.59 Å². The van der Waals surface area contributed by atoms with Crippen LogP contribution in [0.2, 0.25) is 0 Å². The maximum Gasteiger partial charge on any atom is 0.338 e. The van der Waals surface area contributed by atoms with E-state index in [0.717, 1.165) is 26.2 Å². The van der Waals surface area contributed by atoms with Crippen LogP contribution in [0.15, 0.2) is 53.7 Å². The quantitative estimate of drug-likeness (QED) is 0.589. The largest absolute Gasteiger partial charge is 0.493 e. The predicted molar refractivity (Wildman–Crippen MR) is 133 cm³/mol. The molecule has 0 unspecified atom stereocenters. The van der Waals surface area contributed by atoms with Gasteiger partial charge >= 0.3 is 12.0 Å². The molecule has 0 saturated carbocycles. The summed E-state index contributed by atoms with van der Waals surface area (Å²) in [5.41, 5.74) is 4.11. The summed E-state index contributed by atoms with van der Waals surface area (Å²) in [6.45, 7) is 5.87. The Morgan fingerprint density at radius 1 is 1.00 bits per heavy atom. The van der Waals surface area contributed by atoms with Crippen LogP contribution in [-0.4, -0.2) is 71.0 Å². The van der Waals surface area contributed by atoms with Crippen LogP contribution in [0.4, 0.5) is 10.5 Å². The van der Waals surface area contributed by atoms with Crippen LogP contribution in [0.5, 0.6) is 11.5 Å². The van der Waals surface area contributed by atoms with Gasteiger partial charge in [0.15, 0.2) is 11.5 Å². The van der Waals surface area contributed by atoms with Gasteiger partial charge < -0.3 is 29.7 Å². The lowest BCUT2D eigenvalue weighted by Crippen LogP contribution is -2.51. The lowest BCUT2D eigenvalue weighted by molar-refractivity contribution is -0.136. The van der Waals surface area contributed by atoms with Crippen molar-refractivity contribution in [3.63, 3.8) is 0 Å². The topological polar surface area (TPSA) is 92.4 Å². The number of aryl methyl sites for hydroxylation is 1. The first-order valence-electron chi connectivity index (χ1n) is 11.6. The first-order chi connectivity index (χ1) is 16.9. The Kier molecular flexibility index (Phi) is 7.45. The van der Waals surface area contributed by atoms with Crippen LogP contribution >= 0.6 is 0 Å². The molecular formula is C26H32N4O5. The number of methoxy groups -OCH3 is 3. The molecule has 0 bridgehead atoms. The fourth-order valence-electron chi connectivity index (χ4n) is 4.66. The number of amides is 2. The third kappa shape index (κ3) is 5.19. The molecule has 1 atom stereocenters. The zero-order chi connectivity index (χ0) is 24.9. The second-order valence-electron chi connectivity index (χ2n) is 8.58. The fraction of sp³-hybridized carbons (Fsp3) is 0.385. The maximum atomic E-state index is 12.9. The van der Waals surface area contributed by atoms with Crippen LogP contribution in [-0.2, 0) is 9.53 Å². The van der Waals surface area contributed by atoms with E-state index in [1.807, 2.05) is 6.07 Å². The molecular weight excluding hydrogens is 448 g/mol. The number of carbonyl (C=O) groups is 2. The summed E-state index contributed by atoms with van der Waals surface area (Å²) in [6.07, 6.45) is 0. The molecule has 4 rings (SSSR count). The van der Waals surface area contributed by atoms with Crippen LogP contribution in [0.25, 0.3) is 0 Å². The molecule has 1 fully saturated rings. The molecule has 186 valence electrons. The van der Waals surface area contributed by atoms with Crippen LogP contribution in [0.3, 0.4) is 0 Å². The van der Waals surface area contributed by atoms with Crippen LogP contribution in [0, 0.1) is 6.92 Å². The number of anilines is 1. The zero-order valence-corrected chi connectivity index (χ0v) is 20.6. The molecule has 0 aliphatic carbocycles. The monoisotopic (exact) mass is 480 g/mol. The summed E-state index contributed by atoms with van der Waals surface area (Å²) in [7, 11) is 4.44. The average Bonchev–Trinajstić information content (AvgIpc) is 2.88. The molecule has 2 aliphatic heterocycles. The fourth-order valence-corrected chi connectivity index (χ4v) is 4.66. The number of ether oxygens (including phenoxy) is 3. The highest BCUT2D eigenvalue weighted by atomic mass is 16.5. The number of piperazine rings is 1. The van der Waals surface area contributed by atoms with Gasteiger partial charge in [-0.25, -0.2) is 9.59 Å². The van der Waals surface area contributed by atoms with E-state index in [-0.39, 0.29) is 6.03 Å². The van der Waals surface area contributed by atoms with Crippen molar-refractivity contribution in [2.45, 2.75) is 13.0 Å². The van der Waals surface area contributed by atoms with Gasteiger partial charge in [-0.2, -0.15) is 0 Å². The third-order valence-corrected chi connectivity index (χ3v) is 6.51. The number of carbonyl (C=O) groups excluding carboxylic acids is 2. The summed E-state index contributed by atoms with van der Waals surface area (Å²) >= 11 is 0. The second-order valence-corrected chi connectivity index (χ2v) is 8.58. The minimum Gasteiger partial charge on any atom is -0.493 e. The molecule has 2 aliphatic rings. The summed E-state index contributed by atoms with van der Waals surface area (Å²) in [5.74, 6) is 0.577. The van der Waals surface area contributed by atoms with Crippen LogP contribution in [0.1, 0.15) is 17.2 Å². The van der Waals surface area contributed by atoms with E-state index in [1.54, 1.807) is 32.4 Å². The molecule has 35 heavy (non-hydrogen) atoms. The molecule has 0 aromatic heterocycles. The maximum absolute atomic E-state index is 12.9. The van der Waals surface area contributed by atoms with E-state index < -0.39 is 12.0 Å². The van der Waals surface area contributed by atoms with Gasteiger partial charge in [-0.15, -0.1) is 0 Å². The van der Waals surface area contributed by atoms with E-state index in [4.69, 9.17) is 14.2 Å². The molecule has 2 aromatic carbocycles. The molecule has 9 heteroatoms. The third-order valence-electron chi connectivity index (χ3n) is 6.51. The number of benzene rings is 2. The molecule has 2 amide bonds. The van der Waals surface area contributed by atoms with Crippen molar-refractivity contribution >= 4 is 17.7 Å². The highest BCUT2D eigenvalue weighted by molar-refractivity contribution is 5.95. The van der Waals surface area contributed by atoms with Crippen molar-refractivity contribution in [1.29, 1.82) is 0 Å². The summed E-state index contributed by atoms with van der Waals surface area (Å²) < 4.78 is 15.9. The molecule has 9 nitrogen and oxygen atoms in total. The van der Waals surface area contributed by atoms with E-state index >= 15 is 0 Å². The molecule has 0 spiro atoms. The minimum absolute atomic E-state index is 0.369. The number of nitrogens with zero attached hydrogens (tertiary/aromatic N) is 2. The minimum atomic E-state index is -0.681. The standard InChI is InChI=1S/C26H32N4O5/c1-17-7-5-6-8-20(17)30-13-11-29(12-14-30)16-19-23(25(31)35-4)24(28-26(32)27-19)18-9-10-21(33-2)22(15-18)34-3/h5-10,15,24H,11-14,16H2,1-4H3,(H2,27,28,32)/t24-/m1/s1. The van der Waals surface area contributed by atoms with Gasteiger partial charge in [0.25, 0.3) is 0 Å². The van der Waals surface area contributed by atoms with Gasteiger partial charge in [0, 0.05) is 44.1 Å². The van der Waals surface area contributed by atoms with Gasteiger partial charge in [-0.3, -0.25) is 4.90 Å². The Labute approximate surface area is 205 Å². The highest BCUT2D eigenvalue weighted by Crippen LogP contribution is 2.34. The normalized spacial score (nSPS) is 18.6. The molecule has 2 heterocycles. The molecule has 2 aromatic rings. The van der Waals surface area contributed by atoms with Gasteiger partial charge in [0.05, 0.1) is 32.9 Å². The molecule has 1 saturated heterocycles. The first kappa shape index (κ1) is 24.4. The SMILES string of the molecule is COC(=O)C1=C(CN2CCN(c3ccccc3C)CC2)NC(=O)N[C@@H]1c1ccc(OC)c(OC)c1. The number of hydrogen-bond donors (Lipinski definition) is 2. The second kappa shape index (κ2) is 10.7. The van der Waals surface area contributed by atoms with Gasteiger partial charge in [-0.05, 0) is 36.2 Å². The van der Waals surface area contributed by atoms with Crippen molar-refractivity contribution in [3.05, 3.63) is 64.9 Å². The predicted octanol–water partition coefficient (Wildman–Crippen LogP) is 2.62. The Hall–Kier alpha value is -3.72. The molecule has 0 radical (unpaired) electrons. The number of hydrogen-bond acceptors (Lipinski definition) is 7. The lowest BCUT2D eigenvalue weighted by atomic mass is 9.94. The van der Waals surface area contributed by atoms with E-state index in [1.165, 1.54) is 18.4 Å². The van der Waals surface area contributed by atoms with Gasteiger partial charge in [0.1, 0.15) is 0 Å². The Balaban J connectivity index is 1.58. The highest BCUT2D eigenvalue weighted by Gasteiger charge is 2.35. The van der Waals surface area contributed by atoms with Crippen molar-refractivity contribution in [2.24, 2.45) is 0 Å². The Morgan fingerprint density at radius 3 is 2.37 bits per heavy atom. The Bertz CT molecular complexity index is 1120. The number of para-hydroxylation sites is 1. The summed E-state index contributed by atoms with van der Waals surface area (Å²) in [5, 5.41) is 5.71. The number of nitrogens with one attached hydrogen (secondary N) is 2. The van der Waals surface area contributed by atoms with Gasteiger partial charge in [0.2, 0.25) is 0 Å². The zero-order valence-electron chi connectivity index (χ0n) is 20.6. The first-order valence-corrected chi connectivity index (χ1v) is 11.6. The lowest BCUT2D eigenvalue weighted by Gasteiger charge is -2.38. The van der Waals surface area contributed by atoms with E-state index in [0.29, 0.717) is 34.9 Å². The van der Waals surface area contributed by atoms with Crippen molar-refractivity contribution in [2.75, 3.05) is 59.0 Å². The van der Waals surface area contributed by atoms with Crippen molar-refractivity contribution in [3.8, 4) is 11.5 Å².